The second kappa shape index (κ2) is 9.72. The van der Waals surface area contributed by atoms with Gasteiger partial charge in [0.15, 0.2) is 0 Å². The van der Waals surface area contributed by atoms with E-state index in [1.54, 1.807) is 23.1 Å². The van der Waals surface area contributed by atoms with Gasteiger partial charge in [-0.1, -0.05) is 6.07 Å². The van der Waals surface area contributed by atoms with E-state index in [1.807, 2.05) is 4.90 Å². The van der Waals surface area contributed by atoms with E-state index in [9.17, 15) is 22.8 Å². The number of aromatic nitrogens is 1. The summed E-state index contributed by atoms with van der Waals surface area (Å²) in [7, 11) is 0. The van der Waals surface area contributed by atoms with Crippen LogP contribution in [-0.2, 0) is 0 Å². The Bertz CT molecular complexity index is 1170. The molecule has 1 fully saturated rings. The minimum Gasteiger partial charge on any atom is -0.355 e. The third-order valence-corrected chi connectivity index (χ3v) is 5.36. The predicted octanol–water partition coefficient (Wildman–Crippen LogP) is 4.10. The zero-order valence-corrected chi connectivity index (χ0v) is 17.6. The number of pyridine rings is 1. The molecule has 0 spiro atoms. The Hall–Kier alpha value is -3.88. The highest BCUT2D eigenvalue weighted by molar-refractivity contribution is 6.04. The van der Waals surface area contributed by atoms with Gasteiger partial charge in [0.05, 0.1) is 17.4 Å². The third-order valence-electron chi connectivity index (χ3n) is 5.36. The Morgan fingerprint density at radius 1 is 0.879 bits per heavy atom. The first kappa shape index (κ1) is 22.3. The molecule has 4 rings (SSSR count). The van der Waals surface area contributed by atoms with Crippen LogP contribution < -0.4 is 10.2 Å². The lowest BCUT2D eigenvalue weighted by atomic mass is 10.2. The smallest absolute Gasteiger partial charge is 0.258 e. The number of nitrogens with one attached hydrogen (secondary N) is 1. The molecule has 1 aliphatic rings. The van der Waals surface area contributed by atoms with E-state index in [-0.39, 0.29) is 11.5 Å². The molecule has 0 unspecified atom stereocenters. The van der Waals surface area contributed by atoms with Crippen LogP contribution in [0.2, 0.25) is 0 Å². The van der Waals surface area contributed by atoms with Crippen LogP contribution in [0.25, 0.3) is 0 Å². The Kier molecular flexibility index (Phi) is 6.58. The van der Waals surface area contributed by atoms with Crippen LogP contribution >= 0.6 is 0 Å². The quantitative estimate of drug-likeness (QED) is 0.645. The minimum atomic E-state index is -0.945. The van der Waals surface area contributed by atoms with E-state index in [0.29, 0.717) is 55.7 Å². The number of rotatable bonds is 4. The highest BCUT2D eigenvalue weighted by Gasteiger charge is 2.21. The molecule has 0 radical (unpaired) electrons. The molecule has 170 valence electrons. The Morgan fingerprint density at radius 2 is 1.70 bits per heavy atom. The summed E-state index contributed by atoms with van der Waals surface area (Å²) in [4.78, 5) is 33.0. The van der Waals surface area contributed by atoms with Gasteiger partial charge in [0.25, 0.3) is 11.8 Å². The molecule has 1 N–H and O–H groups in total. The standard InChI is InChI=1S/C24H21F3N4O2/c25-17-4-1-3-16(13-17)24(33)31-10-2-9-30(11-12-31)22-8-6-19(15-28-22)29-23(32)20-7-5-18(26)14-21(20)27/h1,3-8,13-15H,2,9-12H2,(H,29,32). The second-order valence-electron chi connectivity index (χ2n) is 7.63. The molecular weight excluding hydrogens is 433 g/mol. The van der Waals surface area contributed by atoms with Gasteiger partial charge in [-0.3, -0.25) is 9.59 Å². The van der Waals surface area contributed by atoms with Crippen LogP contribution in [0, 0.1) is 17.5 Å². The number of amides is 2. The van der Waals surface area contributed by atoms with E-state index in [4.69, 9.17) is 0 Å². The Morgan fingerprint density at radius 3 is 2.42 bits per heavy atom. The normalized spacial score (nSPS) is 14.0. The molecule has 9 heteroatoms. The first-order valence-corrected chi connectivity index (χ1v) is 10.4. The Balaban J connectivity index is 1.38. The second-order valence-corrected chi connectivity index (χ2v) is 7.63. The lowest BCUT2D eigenvalue weighted by Crippen LogP contribution is -2.35. The summed E-state index contributed by atoms with van der Waals surface area (Å²) < 4.78 is 40.3. The van der Waals surface area contributed by atoms with Crippen LogP contribution in [0.5, 0.6) is 0 Å². The fraction of sp³-hybridized carbons (Fsp3) is 0.208. The number of hydrogen-bond donors (Lipinski definition) is 1. The minimum absolute atomic E-state index is 0.213. The molecule has 0 aliphatic carbocycles. The molecule has 6 nitrogen and oxygen atoms in total. The summed E-state index contributed by atoms with van der Waals surface area (Å²) in [5, 5.41) is 2.54. The summed E-state index contributed by atoms with van der Waals surface area (Å²) in [6.07, 6.45) is 2.17. The van der Waals surface area contributed by atoms with Crippen LogP contribution in [0.1, 0.15) is 27.1 Å². The maximum absolute atomic E-state index is 13.8. The number of nitrogens with zero attached hydrogens (tertiary/aromatic N) is 3. The van der Waals surface area contributed by atoms with Gasteiger partial charge < -0.3 is 15.1 Å². The number of hydrogen-bond acceptors (Lipinski definition) is 4. The van der Waals surface area contributed by atoms with Gasteiger partial charge in [0, 0.05) is 37.8 Å². The van der Waals surface area contributed by atoms with Crippen molar-refractivity contribution in [2.45, 2.75) is 6.42 Å². The zero-order valence-electron chi connectivity index (χ0n) is 17.6. The molecule has 2 heterocycles. The highest BCUT2D eigenvalue weighted by Crippen LogP contribution is 2.19. The number of halogens is 3. The van der Waals surface area contributed by atoms with Crippen LogP contribution in [0.3, 0.4) is 0 Å². The van der Waals surface area contributed by atoms with E-state index in [0.717, 1.165) is 12.1 Å². The average molecular weight is 454 g/mol. The van der Waals surface area contributed by atoms with Gasteiger partial charge in [-0.15, -0.1) is 0 Å². The molecule has 33 heavy (non-hydrogen) atoms. The fourth-order valence-electron chi connectivity index (χ4n) is 3.67. The Labute approximate surface area is 188 Å². The van der Waals surface area contributed by atoms with E-state index in [1.165, 1.54) is 24.4 Å². The molecule has 0 bridgehead atoms. The van der Waals surface area contributed by atoms with Crippen molar-refractivity contribution in [3.63, 3.8) is 0 Å². The number of carbonyl (C=O) groups excluding carboxylic acids is 2. The summed E-state index contributed by atoms with van der Waals surface area (Å²) in [6, 6.07) is 11.8. The molecule has 0 atom stereocenters. The molecule has 2 aromatic carbocycles. The van der Waals surface area contributed by atoms with Crippen LogP contribution in [-0.4, -0.2) is 47.9 Å². The van der Waals surface area contributed by atoms with Crippen molar-refractivity contribution < 1.29 is 22.8 Å². The summed E-state index contributed by atoms with van der Waals surface area (Å²) in [5.74, 6) is -2.40. The summed E-state index contributed by atoms with van der Waals surface area (Å²) >= 11 is 0. The van der Waals surface area contributed by atoms with Gasteiger partial charge >= 0.3 is 0 Å². The average Bonchev–Trinajstić information content (AvgIpc) is 3.05. The number of benzene rings is 2. The topological polar surface area (TPSA) is 65.5 Å². The molecule has 3 aromatic rings. The molecule has 1 aromatic heterocycles. The van der Waals surface area contributed by atoms with Crippen LogP contribution in [0.4, 0.5) is 24.7 Å². The maximum Gasteiger partial charge on any atom is 0.258 e. The molecule has 0 saturated carbocycles. The monoisotopic (exact) mass is 454 g/mol. The third kappa shape index (κ3) is 5.31. The zero-order chi connectivity index (χ0) is 23.4. The lowest BCUT2D eigenvalue weighted by molar-refractivity contribution is 0.0766. The lowest BCUT2D eigenvalue weighted by Gasteiger charge is -2.23. The predicted molar refractivity (Wildman–Crippen MR) is 118 cm³/mol. The van der Waals surface area contributed by atoms with Crippen molar-refractivity contribution in [2.24, 2.45) is 0 Å². The van der Waals surface area contributed by atoms with Crippen molar-refractivity contribution in [1.29, 1.82) is 0 Å². The van der Waals surface area contributed by atoms with Gasteiger partial charge in [0.2, 0.25) is 0 Å². The molecule has 1 saturated heterocycles. The molecule has 1 aliphatic heterocycles. The van der Waals surface area contributed by atoms with Gasteiger partial charge in [-0.2, -0.15) is 0 Å². The SMILES string of the molecule is O=C(Nc1ccc(N2CCCN(C(=O)c3cccc(F)c3)CC2)nc1)c1ccc(F)cc1F. The first-order chi connectivity index (χ1) is 15.9. The van der Waals surface area contributed by atoms with Crippen molar-refractivity contribution in [2.75, 3.05) is 36.4 Å². The van der Waals surface area contributed by atoms with Gasteiger partial charge in [-0.05, 0) is 48.9 Å². The number of anilines is 2. The van der Waals surface area contributed by atoms with Crippen molar-refractivity contribution >= 4 is 23.3 Å². The maximum atomic E-state index is 13.8. The van der Waals surface area contributed by atoms with Crippen molar-refractivity contribution in [3.05, 3.63) is 89.4 Å². The molecular formula is C24H21F3N4O2. The van der Waals surface area contributed by atoms with Crippen LogP contribution in [0.15, 0.2) is 60.8 Å². The fourth-order valence-corrected chi connectivity index (χ4v) is 3.67. The summed E-state index contributed by atoms with van der Waals surface area (Å²) in [5.41, 5.74) is 0.417. The number of carbonyl (C=O) groups is 2. The van der Waals surface area contributed by atoms with Gasteiger partial charge in [-0.25, -0.2) is 18.2 Å². The highest BCUT2D eigenvalue weighted by atomic mass is 19.1. The van der Waals surface area contributed by atoms with Crippen molar-refractivity contribution in [1.82, 2.24) is 9.88 Å². The van der Waals surface area contributed by atoms with E-state index >= 15 is 0 Å². The van der Waals surface area contributed by atoms with Crippen molar-refractivity contribution in [3.8, 4) is 0 Å². The van der Waals surface area contributed by atoms with E-state index in [2.05, 4.69) is 10.3 Å². The van der Waals surface area contributed by atoms with E-state index < -0.39 is 23.4 Å². The first-order valence-electron chi connectivity index (χ1n) is 10.4. The largest absolute Gasteiger partial charge is 0.355 e. The molecule has 2 amide bonds. The summed E-state index contributed by atoms with van der Waals surface area (Å²) in [6.45, 7) is 2.22. The van der Waals surface area contributed by atoms with Gasteiger partial charge in [0.1, 0.15) is 23.3 Å².